The van der Waals surface area contributed by atoms with Gasteiger partial charge in [-0.15, -0.1) is 0 Å². The largest absolute Gasteiger partial charge is 0.354 e. The smallest absolute Gasteiger partial charge is 0.257 e. The standard InChI is InChI=1S/C33H35N11O2/c1-40-7-9-42(10-8-40)30-4-3-24(18-37-30)33(46)44-13-11-43(12-14-44)31-17-23(5-6-34-31)32(45)39-29-16-25-15-26(19-35-28(25)21-36-29)27-20-38-41(2)22-27/h3-6,15-22H,7-14H2,1-2H3,(H,36,39,45). The first kappa shape index (κ1) is 29.3. The number of piperazine rings is 2. The fourth-order valence-electron chi connectivity index (χ4n) is 5.81. The molecule has 7 heterocycles. The van der Waals surface area contributed by atoms with Crippen molar-refractivity contribution in [3.8, 4) is 11.1 Å². The van der Waals surface area contributed by atoms with Crippen LogP contribution in [-0.4, -0.2) is 111 Å². The fourth-order valence-corrected chi connectivity index (χ4v) is 5.81. The molecule has 13 heteroatoms. The summed E-state index contributed by atoms with van der Waals surface area (Å²) in [5, 5.41) is 8.00. The van der Waals surface area contributed by atoms with Crippen molar-refractivity contribution in [1.29, 1.82) is 0 Å². The van der Waals surface area contributed by atoms with Crippen molar-refractivity contribution < 1.29 is 9.59 Å². The SMILES string of the molecule is CN1CCN(c2ccc(C(=O)N3CCN(c4cc(C(=O)Nc5cc6cc(-c7cnn(C)c7)cnc6cn5)ccn4)CC3)cn2)CC1. The molecule has 13 nitrogen and oxygen atoms in total. The Morgan fingerprint density at radius 1 is 0.696 bits per heavy atom. The molecule has 2 saturated heterocycles. The molecule has 5 aromatic heterocycles. The molecule has 2 amide bonds. The van der Waals surface area contributed by atoms with Gasteiger partial charge in [-0.1, -0.05) is 0 Å². The number of carbonyl (C=O) groups excluding carboxylic acids is 2. The molecule has 234 valence electrons. The third-order valence-corrected chi connectivity index (χ3v) is 8.57. The Morgan fingerprint density at radius 3 is 2.22 bits per heavy atom. The van der Waals surface area contributed by atoms with E-state index in [9.17, 15) is 9.59 Å². The zero-order chi connectivity index (χ0) is 31.6. The lowest BCUT2D eigenvalue weighted by Gasteiger charge is -2.35. The molecule has 0 bridgehead atoms. The number of nitrogens with one attached hydrogen (secondary N) is 1. The average Bonchev–Trinajstić information content (AvgIpc) is 3.54. The molecular formula is C33H35N11O2. The van der Waals surface area contributed by atoms with Crippen molar-refractivity contribution in [2.45, 2.75) is 0 Å². The molecular weight excluding hydrogens is 582 g/mol. The summed E-state index contributed by atoms with van der Waals surface area (Å²) in [5.41, 5.74) is 3.68. The van der Waals surface area contributed by atoms with Crippen LogP contribution in [0.5, 0.6) is 0 Å². The normalized spacial score (nSPS) is 15.7. The number of fused-ring (bicyclic) bond motifs is 1. The fraction of sp³-hybridized carbons (Fsp3) is 0.303. The zero-order valence-corrected chi connectivity index (χ0v) is 25.9. The van der Waals surface area contributed by atoms with E-state index in [-0.39, 0.29) is 11.8 Å². The lowest BCUT2D eigenvalue weighted by molar-refractivity contribution is 0.0746. The van der Waals surface area contributed by atoms with Crippen LogP contribution < -0.4 is 15.1 Å². The molecule has 1 N–H and O–H groups in total. The van der Waals surface area contributed by atoms with Gasteiger partial charge in [0.2, 0.25) is 0 Å². The summed E-state index contributed by atoms with van der Waals surface area (Å²) >= 11 is 0. The highest BCUT2D eigenvalue weighted by atomic mass is 16.2. The van der Waals surface area contributed by atoms with Crippen LogP contribution >= 0.6 is 0 Å². The molecule has 0 atom stereocenters. The molecule has 0 spiro atoms. The van der Waals surface area contributed by atoms with E-state index in [1.165, 1.54) is 0 Å². The first-order chi connectivity index (χ1) is 22.4. The van der Waals surface area contributed by atoms with Gasteiger partial charge in [-0.3, -0.25) is 19.3 Å². The molecule has 2 aliphatic heterocycles. The third kappa shape index (κ3) is 6.22. The van der Waals surface area contributed by atoms with Gasteiger partial charge in [0.1, 0.15) is 17.5 Å². The summed E-state index contributed by atoms with van der Waals surface area (Å²) < 4.78 is 1.74. The summed E-state index contributed by atoms with van der Waals surface area (Å²) in [6, 6.07) is 11.1. The monoisotopic (exact) mass is 617 g/mol. The van der Waals surface area contributed by atoms with Crippen molar-refractivity contribution in [1.82, 2.24) is 39.5 Å². The summed E-state index contributed by atoms with van der Waals surface area (Å²) in [4.78, 5) is 52.9. The van der Waals surface area contributed by atoms with Gasteiger partial charge >= 0.3 is 0 Å². The molecule has 7 rings (SSSR count). The van der Waals surface area contributed by atoms with Gasteiger partial charge in [-0.25, -0.2) is 15.0 Å². The Hall–Kier alpha value is -5.43. The van der Waals surface area contributed by atoms with Crippen molar-refractivity contribution >= 4 is 40.2 Å². The van der Waals surface area contributed by atoms with Crippen LogP contribution in [0.4, 0.5) is 17.5 Å². The number of aryl methyl sites for hydroxylation is 1. The number of rotatable bonds is 6. The maximum Gasteiger partial charge on any atom is 0.257 e. The van der Waals surface area contributed by atoms with E-state index in [4.69, 9.17) is 0 Å². The van der Waals surface area contributed by atoms with E-state index in [0.29, 0.717) is 48.9 Å². The molecule has 2 fully saturated rings. The minimum absolute atomic E-state index is 0.0243. The Labute approximate surface area is 266 Å². The first-order valence-corrected chi connectivity index (χ1v) is 15.4. The highest BCUT2D eigenvalue weighted by molar-refractivity contribution is 6.05. The van der Waals surface area contributed by atoms with Crippen LogP contribution in [0.2, 0.25) is 0 Å². The molecule has 0 radical (unpaired) electrons. The van der Waals surface area contributed by atoms with Gasteiger partial charge in [0, 0.05) is 106 Å². The van der Waals surface area contributed by atoms with Crippen molar-refractivity contribution in [2.75, 3.05) is 74.5 Å². The number of hydrogen-bond donors (Lipinski definition) is 1. The van der Waals surface area contributed by atoms with E-state index < -0.39 is 0 Å². The molecule has 0 unspecified atom stereocenters. The van der Waals surface area contributed by atoms with Crippen molar-refractivity contribution in [2.24, 2.45) is 7.05 Å². The summed E-state index contributed by atoms with van der Waals surface area (Å²) in [7, 11) is 3.99. The van der Waals surface area contributed by atoms with E-state index in [1.807, 2.05) is 42.4 Å². The minimum Gasteiger partial charge on any atom is -0.354 e. The van der Waals surface area contributed by atoms with Gasteiger partial charge in [0.05, 0.1) is 23.5 Å². The number of anilines is 3. The molecule has 0 aromatic carbocycles. The van der Waals surface area contributed by atoms with Crippen molar-refractivity contribution in [3.05, 3.63) is 84.7 Å². The maximum atomic E-state index is 13.2. The number of aromatic nitrogens is 6. The molecule has 0 saturated carbocycles. The Kier molecular flexibility index (Phi) is 7.97. The number of carbonyl (C=O) groups is 2. The lowest BCUT2D eigenvalue weighted by Crippen LogP contribution is -2.49. The second-order valence-corrected chi connectivity index (χ2v) is 11.7. The van der Waals surface area contributed by atoms with Crippen LogP contribution in [0.15, 0.2) is 73.6 Å². The van der Waals surface area contributed by atoms with Gasteiger partial charge < -0.3 is 24.9 Å². The molecule has 5 aromatic rings. The summed E-state index contributed by atoms with van der Waals surface area (Å²) in [6.07, 6.45) is 10.5. The first-order valence-electron chi connectivity index (χ1n) is 15.4. The molecule has 46 heavy (non-hydrogen) atoms. The van der Waals surface area contributed by atoms with Crippen LogP contribution in [0.1, 0.15) is 20.7 Å². The van der Waals surface area contributed by atoms with Gasteiger partial charge in [-0.2, -0.15) is 5.10 Å². The van der Waals surface area contributed by atoms with Crippen molar-refractivity contribution in [3.63, 3.8) is 0 Å². The highest BCUT2D eigenvalue weighted by Crippen LogP contribution is 2.24. The van der Waals surface area contributed by atoms with E-state index >= 15 is 0 Å². The van der Waals surface area contributed by atoms with Crippen LogP contribution in [-0.2, 0) is 7.05 Å². The van der Waals surface area contributed by atoms with Gasteiger partial charge in [0.15, 0.2) is 0 Å². The van der Waals surface area contributed by atoms with Gasteiger partial charge in [-0.05, 0) is 43.4 Å². The summed E-state index contributed by atoms with van der Waals surface area (Å²) in [5.74, 6) is 1.72. The lowest BCUT2D eigenvalue weighted by atomic mass is 10.1. The third-order valence-electron chi connectivity index (χ3n) is 8.57. The molecule has 0 aliphatic carbocycles. The number of pyridine rings is 4. The predicted octanol–water partition coefficient (Wildman–Crippen LogP) is 2.79. The second-order valence-electron chi connectivity index (χ2n) is 11.7. The number of nitrogens with zero attached hydrogens (tertiary/aromatic N) is 10. The van der Waals surface area contributed by atoms with E-state index in [2.05, 4.69) is 52.1 Å². The Morgan fingerprint density at radius 2 is 1.48 bits per heavy atom. The zero-order valence-electron chi connectivity index (χ0n) is 25.9. The minimum atomic E-state index is -0.284. The van der Waals surface area contributed by atoms with Gasteiger partial charge in [0.25, 0.3) is 11.8 Å². The number of likely N-dealkylation sites (N-methyl/N-ethyl adjacent to an activating group) is 1. The second kappa shape index (κ2) is 12.5. The van der Waals surface area contributed by atoms with Crippen LogP contribution in [0, 0.1) is 0 Å². The van der Waals surface area contributed by atoms with E-state index in [1.54, 1.807) is 47.8 Å². The van der Waals surface area contributed by atoms with E-state index in [0.717, 1.165) is 54.0 Å². The number of hydrogen-bond acceptors (Lipinski definition) is 10. The topological polar surface area (TPSA) is 129 Å². The van der Waals surface area contributed by atoms with Crippen LogP contribution in [0.3, 0.4) is 0 Å². The average molecular weight is 618 g/mol. The molecule has 2 aliphatic rings. The predicted molar refractivity (Wildman–Crippen MR) is 176 cm³/mol. The summed E-state index contributed by atoms with van der Waals surface area (Å²) in [6.45, 7) is 6.18. The maximum absolute atomic E-state index is 13.2. The Balaban J connectivity index is 0.967. The highest BCUT2D eigenvalue weighted by Gasteiger charge is 2.24. The number of amides is 2. The quantitative estimate of drug-likeness (QED) is 0.304. The van der Waals surface area contributed by atoms with Crippen LogP contribution in [0.25, 0.3) is 22.0 Å². The Bertz CT molecular complexity index is 1870.